The number of rotatable bonds is 1. The van der Waals surface area contributed by atoms with Crippen LogP contribution in [0.25, 0.3) is 0 Å². The average Bonchev–Trinajstić information content (AvgIpc) is 2.39. The highest BCUT2D eigenvalue weighted by atomic mass is 16.3. The van der Waals surface area contributed by atoms with Gasteiger partial charge >= 0.3 is 0 Å². The first-order valence-corrected chi connectivity index (χ1v) is 7.88. The third-order valence-electron chi connectivity index (χ3n) is 5.54. The molecule has 3 rings (SSSR count). The van der Waals surface area contributed by atoms with Gasteiger partial charge in [-0.05, 0) is 51.6 Å². The molecule has 2 unspecified atom stereocenters. The Morgan fingerprint density at radius 1 is 0.889 bits per heavy atom. The summed E-state index contributed by atoms with van der Waals surface area (Å²) in [6, 6.07) is 1.28. The zero-order valence-electron chi connectivity index (χ0n) is 11.7. The van der Waals surface area contributed by atoms with Crippen LogP contribution in [0.3, 0.4) is 0 Å². The zero-order chi connectivity index (χ0) is 12.5. The molecule has 0 aromatic heterocycles. The average molecular weight is 252 g/mol. The van der Waals surface area contributed by atoms with E-state index < -0.39 is 0 Å². The lowest BCUT2D eigenvalue weighted by atomic mass is 9.82. The Morgan fingerprint density at radius 3 is 2.56 bits per heavy atom. The number of piperidine rings is 2. The van der Waals surface area contributed by atoms with E-state index in [0.29, 0.717) is 6.04 Å². The second-order valence-electron chi connectivity index (χ2n) is 6.65. The quantitative estimate of drug-likeness (QED) is 0.769. The fourth-order valence-electron chi connectivity index (χ4n) is 4.50. The molecule has 4 atom stereocenters. The highest BCUT2D eigenvalue weighted by molar-refractivity contribution is 4.93. The van der Waals surface area contributed by atoms with E-state index >= 15 is 0 Å². The lowest BCUT2D eigenvalue weighted by Gasteiger charge is -2.49. The molecule has 1 N–H and O–H groups in total. The summed E-state index contributed by atoms with van der Waals surface area (Å²) in [7, 11) is 2.29. The molecule has 2 aliphatic heterocycles. The van der Waals surface area contributed by atoms with Gasteiger partial charge < -0.3 is 10.0 Å². The summed E-state index contributed by atoms with van der Waals surface area (Å²) in [6.07, 6.45) is 8.78. The van der Waals surface area contributed by atoms with Crippen LogP contribution in [0.2, 0.25) is 0 Å². The summed E-state index contributed by atoms with van der Waals surface area (Å²) < 4.78 is 0. The molecule has 0 aromatic carbocycles. The largest absolute Gasteiger partial charge is 0.391 e. The van der Waals surface area contributed by atoms with Crippen LogP contribution in [-0.2, 0) is 0 Å². The molecule has 0 aromatic rings. The van der Waals surface area contributed by atoms with E-state index in [9.17, 15) is 5.11 Å². The maximum Gasteiger partial charge on any atom is 0.0695 e. The van der Waals surface area contributed by atoms with Crippen molar-refractivity contribution in [3.63, 3.8) is 0 Å². The van der Waals surface area contributed by atoms with Crippen molar-refractivity contribution >= 4 is 0 Å². The van der Waals surface area contributed by atoms with Crippen LogP contribution in [0, 0.1) is 5.92 Å². The summed E-state index contributed by atoms with van der Waals surface area (Å²) in [5, 5.41) is 10.2. The van der Waals surface area contributed by atoms with Gasteiger partial charge in [-0.25, -0.2) is 0 Å². The number of fused-ring (bicyclic) bond motifs is 1. The van der Waals surface area contributed by atoms with Crippen molar-refractivity contribution in [2.75, 3.05) is 26.7 Å². The maximum atomic E-state index is 10.2. The molecule has 3 nitrogen and oxygen atoms in total. The van der Waals surface area contributed by atoms with Gasteiger partial charge in [0.05, 0.1) is 6.10 Å². The van der Waals surface area contributed by atoms with E-state index in [1.54, 1.807) is 0 Å². The molecule has 1 saturated carbocycles. The van der Waals surface area contributed by atoms with Gasteiger partial charge in [0, 0.05) is 25.2 Å². The van der Waals surface area contributed by atoms with E-state index in [4.69, 9.17) is 0 Å². The summed E-state index contributed by atoms with van der Waals surface area (Å²) in [6.45, 7) is 3.72. The molecule has 2 saturated heterocycles. The van der Waals surface area contributed by atoms with Crippen molar-refractivity contribution in [2.45, 2.75) is 63.1 Å². The smallest absolute Gasteiger partial charge is 0.0695 e. The highest BCUT2D eigenvalue weighted by Gasteiger charge is 2.38. The Balaban J connectivity index is 1.62. The molecule has 0 spiro atoms. The van der Waals surface area contributed by atoms with Gasteiger partial charge in [-0.2, -0.15) is 0 Å². The standard InChI is InChI=1S/C15H28N2O/c1-16-9-4-5-12-11-17(10-8-13(12)16)14-6-2-3-7-15(14)18/h12-15,18H,2-11H2,1H3/t12?,13?,14-,15-/m0/s1. The van der Waals surface area contributed by atoms with Crippen LogP contribution in [0.5, 0.6) is 0 Å². The van der Waals surface area contributed by atoms with Crippen molar-refractivity contribution < 1.29 is 5.11 Å². The van der Waals surface area contributed by atoms with Crippen LogP contribution in [0.4, 0.5) is 0 Å². The summed E-state index contributed by atoms with van der Waals surface area (Å²) in [5.41, 5.74) is 0. The van der Waals surface area contributed by atoms with E-state index in [1.165, 1.54) is 58.2 Å². The minimum absolute atomic E-state index is 0.0587. The number of hydrogen-bond donors (Lipinski definition) is 1. The summed E-state index contributed by atoms with van der Waals surface area (Å²) >= 11 is 0. The van der Waals surface area contributed by atoms with Crippen molar-refractivity contribution in [3.05, 3.63) is 0 Å². The van der Waals surface area contributed by atoms with Crippen molar-refractivity contribution in [3.8, 4) is 0 Å². The fraction of sp³-hybridized carbons (Fsp3) is 1.00. The van der Waals surface area contributed by atoms with Gasteiger partial charge in [0.2, 0.25) is 0 Å². The number of nitrogens with zero attached hydrogens (tertiary/aromatic N) is 2. The molecule has 0 bridgehead atoms. The molecule has 0 radical (unpaired) electrons. The van der Waals surface area contributed by atoms with Crippen molar-refractivity contribution in [1.29, 1.82) is 0 Å². The predicted molar refractivity (Wildman–Crippen MR) is 73.6 cm³/mol. The van der Waals surface area contributed by atoms with Gasteiger partial charge in [0.25, 0.3) is 0 Å². The van der Waals surface area contributed by atoms with E-state index in [-0.39, 0.29) is 6.10 Å². The lowest BCUT2D eigenvalue weighted by molar-refractivity contribution is -0.0315. The number of aliphatic hydroxyl groups is 1. The SMILES string of the molecule is CN1CCCC2CN([C@H]3CCCC[C@@H]3O)CCC21. The fourth-order valence-corrected chi connectivity index (χ4v) is 4.50. The molecule has 104 valence electrons. The first-order chi connectivity index (χ1) is 8.75. The van der Waals surface area contributed by atoms with Crippen molar-refractivity contribution in [1.82, 2.24) is 9.80 Å². The third-order valence-corrected chi connectivity index (χ3v) is 5.54. The summed E-state index contributed by atoms with van der Waals surface area (Å²) in [5.74, 6) is 0.853. The van der Waals surface area contributed by atoms with Gasteiger partial charge in [-0.1, -0.05) is 12.8 Å². The number of aliphatic hydroxyl groups excluding tert-OH is 1. The van der Waals surface area contributed by atoms with E-state index in [0.717, 1.165) is 18.4 Å². The van der Waals surface area contributed by atoms with Crippen LogP contribution < -0.4 is 0 Å². The first kappa shape index (κ1) is 12.9. The van der Waals surface area contributed by atoms with Crippen LogP contribution in [0.1, 0.15) is 44.9 Å². The molecule has 1 aliphatic carbocycles. The Labute approximate surface area is 111 Å². The number of hydrogen-bond acceptors (Lipinski definition) is 3. The normalized spacial score (nSPS) is 43.7. The zero-order valence-corrected chi connectivity index (χ0v) is 11.7. The second-order valence-corrected chi connectivity index (χ2v) is 6.65. The molecular weight excluding hydrogens is 224 g/mol. The minimum atomic E-state index is -0.0587. The molecule has 3 fully saturated rings. The predicted octanol–water partition coefficient (Wildman–Crippen LogP) is 1.71. The first-order valence-electron chi connectivity index (χ1n) is 7.88. The topological polar surface area (TPSA) is 26.7 Å². The van der Waals surface area contributed by atoms with Gasteiger partial charge in [-0.3, -0.25) is 4.90 Å². The molecule has 2 heterocycles. The molecule has 3 aliphatic rings. The van der Waals surface area contributed by atoms with Gasteiger partial charge in [-0.15, -0.1) is 0 Å². The second kappa shape index (κ2) is 5.48. The monoisotopic (exact) mass is 252 g/mol. The third kappa shape index (κ3) is 2.45. The minimum Gasteiger partial charge on any atom is -0.391 e. The Hall–Kier alpha value is -0.120. The highest BCUT2D eigenvalue weighted by Crippen LogP contribution is 2.33. The van der Waals surface area contributed by atoms with Crippen molar-refractivity contribution in [2.24, 2.45) is 5.92 Å². The molecule has 0 amide bonds. The Kier molecular flexibility index (Phi) is 3.92. The Morgan fingerprint density at radius 2 is 1.72 bits per heavy atom. The summed E-state index contributed by atoms with van der Waals surface area (Å²) in [4.78, 5) is 5.19. The lowest BCUT2D eigenvalue weighted by Crippen LogP contribution is -2.57. The maximum absolute atomic E-state index is 10.2. The van der Waals surface area contributed by atoms with Crippen LogP contribution >= 0.6 is 0 Å². The molecule has 18 heavy (non-hydrogen) atoms. The molecular formula is C15H28N2O. The van der Waals surface area contributed by atoms with E-state index in [2.05, 4.69) is 16.8 Å². The van der Waals surface area contributed by atoms with Gasteiger partial charge in [0.15, 0.2) is 0 Å². The van der Waals surface area contributed by atoms with Crippen LogP contribution in [-0.4, -0.2) is 59.8 Å². The van der Waals surface area contributed by atoms with Crippen LogP contribution in [0.15, 0.2) is 0 Å². The van der Waals surface area contributed by atoms with E-state index in [1.807, 2.05) is 0 Å². The Bertz CT molecular complexity index is 284. The molecule has 3 heteroatoms. The number of likely N-dealkylation sites (tertiary alicyclic amines) is 2. The van der Waals surface area contributed by atoms with Gasteiger partial charge in [0.1, 0.15) is 0 Å².